The first-order chi connectivity index (χ1) is 15.0. The van der Waals surface area contributed by atoms with Crippen molar-refractivity contribution in [2.45, 2.75) is 13.1 Å². The van der Waals surface area contributed by atoms with Crippen LogP contribution >= 0.6 is 11.6 Å². The molecule has 32 heavy (non-hydrogen) atoms. The molecule has 0 heterocycles. The molecule has 0 aliphatic rings. The zero-order chi connectivity index (χ0) is 23.6. The van der Waals surface area contributed by atoms with E-state index in [4.69, 9.17) is 22.1 Å². The Kier molecular flexibility index (Phi) is 6.40. The fraction of sp³-hybridized carbons (Fsp3) is 0.0909. The van der Waals surface area contributed by atoms with Crippen molar-refractivity contribution in [3.05, 3.63) is 87.7 Å². The number of halogens is 5. The molecule has 2 amide bonds. The van der Waals surface area contributed by atoms with Gasteiger partial charge in [-0.25, -0.2) is 4.39 Å². The molecule has 0 atom stereocenters. The van der Waals surface area contributed by atoms with E-state index in [0.717, 1.165) is 18.2 Å². The summed E-state index contributed by atoms with van der Waals surface area (Å²) in [5.41, 5.74) is 4.10. The standard InChI is InChI=1S/C22H15ClF4N2O3/c1-11-8-13(24)3-7-18(11)32-19-6-2-12(22(25,26)27)9-16(19)21(31)29-14-4-5-17(23)15(10-14)20(28)30/h2-10H,1H3,(H2,28,30)(H,29,31). The molecule has 0 radical (unpaired) electrons. The van der Waals surface area contributed by atoms with Gasteiger partial charge in [-0.1, -0.05) is 11.6 Å². The first kappa shape index (κ1) is 23.1. The molecule has 166 valence electrons. The minimum atomic E-state index is -4.71. The lowest BCUT2D eigenvalue weighted by Crippen LogP contribution is -2.17. The first-order valence-corrected chi connectivity index (χ1v) is 9.39. The number of ether oxygens (including phenoxy) is 1. The van der Waals surface area contributed by atoms with E-state index < -0.39 is 34.9 Å². The maximum atomic E-state index is 13.4. The summed E-state index contributed by atoms with van der Waals surface area (Å²) in [6, 6.07) is 9.84. The van der Waals surface area contributed by atoms with E-state index in [0.29, 0.717) is 11.6 Å². The first-order valence-electron chi connectivity index (χ1n) is 9.01. The van der Waals surface area contributed by atoms with Gasteiger partial charge in [-0.05, 0) is 67.1 Å². The summed E-state index contributed by atoms with van der Waals surface area (Å²) in [7, 11) is 0. The topological polar surface area (TPSA) is 81.4 Å². The predicted molar refractivity (Wildman–Crippen MR) is 111 cm³/mol. The average molecular weight is 467 g/mol. The molecule has 3 aromatic rings. The molecule has 0 aliphatic carbocycles. The number of hydrogen-bond acceptors (Lipinski definition) is 3. The van der Waals surface area contributed by atoms with Crippen LogP contribution in [0, 0.1) is 12.7 Å². The number of hydrogen-bond donors (Lipinski definition) is 2. The number of amides is 2. The summed E-state index contributed by atoms with van der Waals surface area (Å²) in [5.74, 6) is -2.34. The highest BCUT2D eigenvalue weighted by Crippen LogP contribution is 2.35. The van der Waals surface area contributed by atoms with Crippen molar-refractivity contribution >= 4 is 29.1 Å². The monoisotopic (exact) mass is 466 g/mol. The van der Waals surface area contributed by atoms with Crippen molar-refractivity contribution in [2.75, 3.05) is 5.32 Å². The van der Waals surface area contributed by atoms with Gasteiger partial charge in [0.2, 0.25) is 5.91 Å². The van der Waals surface area contributed by atoms with Crippen LogP contribution in [0.5, 0.6) is 11.5 Å². The van der Waals surface area contributed by atoms with Gasteiger partial charge in [0.25, 0.3) is 5.91 Å². The lowest BCUT2D eigenvalue weighted by molar-refractivity contribution is -0.137. The number of aryl methyl sites for hydroxylation is 1. The second-order valence-electron chi connectivity index (χ2n) is 6.73. The van der Waals surface area contributed by atoms with Gasteiger partial charge < -0.3 is 15.8 Å². The number of anilines is 1. The Hall–Kier alpha value is -3.59. The maximum absolute atomic E-state index is 13.4. The smallest absolute Gasteiger partial charge is 0.416 e. The number of primary amides is 1. The second kappa shape index (κ2) is 8.88. The molecule has 0 saturated heterocycles. The van der Waals surface area contributed by atoms with Crippen LogP contribution in [-0.2, 0) is 6.18 Å². The third kappa shape index (κ3) is 5.17. The minimum Gasteiger partial charge on any atom is -0.456 e. The van der Waals surface area contributed by atoms with E-state index in [1.54, 1.807) is 6.92 Å². The van der Waals surface area contributed by atoms with E-state index in [-0.39, 0.29) is 27.8 Å². The molecular weight excluding hydrogens is 452 g/mol. The van der Waals surface area contributed by atoms with Gasteiger partial charge >= 0.3 is 6.18 Å². The average Bonchev–Trinajstić information content (AvgIpc) is 2.70. The number of rotatable bonds is 5. The van der Waals surface area contributed by atoms with Gasteiger partial charge in [0.15, 0.2) is 0 Å². The van der Waals surface area contributed by atoms with E-state index in [1.807, 2.05) is 0 Å². The molecule has 0 bridgehead atoms. The summed E-state index contributed by atoms with van der Waals surface area (Å²) < 4.78 is 58.7. The molecule has 10 heteroatoms. The van der Waals surface area contributed by atoms with Gasteiger partial charge in [-0.15, -0.1) is 0 Å². The molecule has 3 rings (SSSR count). The van der Waals surface area contributed by atoms with Crippen molar-refractivity contribution in [3.63, 3.8) is 0 Å². The van der Waals surface area contributed by atoms with E-state index in [9.17, 15) is 27.2 Å². The number of carbonyl (C=O) groups is 2. The summed E-state index contributed by atoms with van der Waals surface area (Å²) in [4.78, 5) is 24.3. The third-order valence-corrected chi connectivity index (χ3v) is 4.73. The molecule has 0 saturated carbocycles. The summed E-state index contributed by atoms with van der Waals surface area (Å²) in [6.45, 7) is 1.54. The molecule has 0 fully saturated rings. The van der Waals surface area contributed by atoms with Crippen LogP contribution in [-0.4, -0.2) is 11.8 Å². The molecule has 0 spiro atoms. The Morgan fingerprint density at radius 2 is 1.66 bits per heavy atom. The fourth-order valence-corrected chi connectivity index (χ4v) is 3.02. The zero-order valence-electron chi connectivity index (χ0n) is 16.4. The number of carbonyl (C=O) groups excluding carboxylic acids is 2. The molecule has 3 aromatic carbocycles. The van der Waals surface area contributed by atoms with Crippen molar-refractivity contribution in [3.8, 4) is 11.5 Å². The number of alkyl halides is 3. The zero-order valence-corrected chi connectivity index (χ0v) is 17.1. The van der Waals surface area contributed by atoms with E-state index in [2.05, 4.69) is 5.32 Å². The van der Waals surface area contributed by atoms with Crippen LogP contribution in [0.2, 0.25) is 5.02 Å². The quantitative estimate of drug-likeness (QED) is 0.456. The Balaban J connectivity index is 2.01. The van der Waals surface area contributed by atoms with Crippen LogP contribution < -0.4 is 15.8 Å². The highest BCUT2D eigenvalue weighted by Gasteiger charge is 2.32. The van der Waals surface area contributed by atoms with Crippen molar-refractivity contribution in [1.29, 1.82) is 0 Å². The SMILES string of the molecule is Cc1cc(F)ccc1Oc1ccc(C(F)(F)F)cc1C(=O)Nc1ccc(Cl)c(C(N)=O)c1. The third-order valence-electron chi connectivity index (χ3n) is 4.40. The fourth-order valence-electron chi connectivity index (χ4n) is 2.81. The second-order valence-corrected chi connectivity index (χ2v) is 7.14. The normalized spacial score (nSPS) is 11.2. The molecule has 0 unspecified atom stereocenters. The lowest BCUT2D eigenvalue weighted by atomic mass is 10.1. The highest BCUT2D eigenvalue weighted by atomic mass is 35.5. The van der Waals surface area contributed by atoms with Crippen molar-refractivity contribution in [2.24, 2.45) is 5.73 Å². The van der Waals surface area contributed by atoms with Gasteiger partial charge in [0, 0.05) is 5.69 Å². The highest BCUT2D eigenvalue weighted by molar-refractivity contribution is 6.34. The minimum absolute atomic E-state index is 0.0466. The summed E-state index contributed by atoms with van der Waals surface area (Å²) in [6.07, 6.45) is -4.71. The van der Waals surface area contributed by atoms with Gasteiger partial charge in [-0.2, -0.15) is 13.2 Å². The Labute approximate surface area is 184 Å². The number of benzene rings is 3. The van der Waals surface area contributed by atoms with Gasteiger partial charge in [0.05, 0.1) is 21.7 Å². The Morgan fingerprint density at radius 3 is 2.28 bits per heavy atom. The summed E-state index contributed by atoms with van der Waals surface area (Å²) in [5, 5.41) is 2.44. The lowest BCUT2D eigenvalue weighted by Gasteiger charge is -2.16. The molecule has 0 aromatic heterocycles. The van der Waals surface area contributed by atoms with Crippen LogP contribution in [0.3, 0.4) is 0 Å². The summed E-state index contributed by atoms with van der Waals surface area (Å²) >= 11 is 5.87. The maximum Gasteiger partial charge on any atom is 0.416 e. The Bertz CT molecular complexity index is 1210. The molecule has 5 nitrogen and oxygen atoms in total. The van der Waals surface area contributed by atoms with Crippen LogP contribution in [0.4, 0.5) is 23.2 Å². The predicted octanol–water partition coefficient (Wildman–Crippen LogP) is 5.95. The van der Waals surface area contributed by atoms with Crippen molar-refractivity contribution in [1.82, 2.24) is 0 Å². The molecule has 0 aliphatic heterocycles. The van der Waals surface area contributed by atoms with E-state index >= 15 is 0 Å². The van der Waals surface area contributed by atoms with E-state index in [1.165, 1.54) is 30.3 Å². The number of nitrogens with two attached hydrogens (primary N) is 1. The molecule has 3 N–H and O–H groups in total. The number of nitrogens with one attached hydrogen (secondary N) is 1. The van der Waals surface area contributed by atoms with Gasteiger partial charge in [0.1, 0.15) is 17.3 Å². The van der Waals surface area contributed by atoms with Crippen LogP contribution in [0.15, 0.2) is 54.6 Å². The van der Waals surface area contributed by atoms with Crippen molar-refractivity contribution < 1.29 is 31.9 Å². The van der Waals surface area contributed by atoms with Crippen LogP contribution in [0.25, 0.3) is 0 Å². The Morgan fingerprint density at radius 1 is 0.969 bits per heavy atom. The van der Waals surface area contributed by atoms with Gasteiger partial charge in [-0.3, -0.25) is 9.59 Å². The molecular formula is C22H15ClF4N2O3. The van der Waals surface area contributed by atoms with Crippen LogP contribution in [0.1, 0.15) is 31.8 Å². The largest absolute Gasteiger partial charge is 0.456 e.